The van der Waals surface area contributed by atoms with Crippen LogP contribution in [0.2, 0.25) is 0 Å². The maximum absolute atomic E-state index is 12.6. The summed E-state index contributed by atoms with van der Waals surface area (Å²) in [5.74, 6) is -4.08. The van der Waals surface area contributed by atoms with Crippen LogP contribution in [0.4, 0.5) is 0 Å². The monoisotopic (exact) mass is 353 g/mol. The van der Waals surface area contributed by atoms with Gasteiger partial charge in [-0.3, -0.25) is 14.5 Å². The minimum atomic E-state index is -1.38. The van der Waals surface area contributed by atoms with E-state index in [1.54, 1.807) is 12.1 Å². The first-order valence-corrected chi connectivity index (χ1v) is 7.83. The first-order chi connectivity index (χ1) is 12.3. The standard InChI is InChI=1S/C19H15NO6/c1-10-2-4-11(5-3-10)8-15(19(25)26)20-16(21)13-7-6-12(18(23)24)9-14(13)17(20)22/h2-7,9,15H,8H2,1H3,(H,23,24)(H,25,26)/t15-/m1/s1. The highest BCUT2D eigenvalue weighted by Gasteiger charge is 2.43. The van der Waals surface area contributed by atoms with Crippen molar-refractivity contribution in [1.82, 2.24) is 4.90 Å². The number of rotatable bonds is 5. The molecule has 1 aliphatic heterocycles. The van der Waals surface area contributed by atoms with Crippen molar-refractivity contribution in [3.63, 3.8) is 0 Å². The molecule has 7 heteroatoms. The van der Waals surface area contributed by atoms with Crippen molar-refractivity contribution in [3.05, 3.63) is 70.3 Å². The van der Waals surface area contributed by atoms with Gasteiger partial charge in [0, 0.05) is 6.42 Å². The van der Waals surface area contributed by atoms with Gasteiger partial charge in [-0.15, -0.1) is 0 Å². The summed E-state index contributed by atoms with van der Waals surface area (Å²) in [6.45, 7) is 1.89. The predicted octanol–water partition coefficient (Wildman–Crippen LogP) is 1.99. The lowest BCUT2D eigenvalue weighted by Crippen LogP contribution is -2.46. The zero-order chi connectivity index (χ0) is 19.0. The molecule has 0 fully saturated rings. The highest BCUT2D eigenvalue weighted by molar-refractivity contribution is 6.23. The van der Waals surface area contributed by atoms with Gasteiger partial charge in [-0.05, 0) is 30.7 Å². The number of aromatic carboxylic acids is 1. The Morgan fingerprint density at radius 1 is 0.962 bits per heavy atom. The SMILES string of the molecule is Cc1ccc(C[C@H](C(=O)O)N2C(=O)c3ccc(C(=O)O)cc3C2=O)cc1. The molecule has 26 heavy (non-hydrogen) atoms. The van der Waals surface area contributed by atoms with Gasteiger partial charge in [-0.1, -0.05) is 29.8 Å². The molecule has 2 aromatic carbocycles. The molecule has 0 saturated carbocycles. The lowest BCUT2D eigenvalue weighted by molar-refractivity contribution is -0.141. The highest BCUT2D eigenvalue weighted by Crippen LogP contribution is 2.27. The summed E-state index contributed by atoms with van der Waals surface area (Å²) in [6.07, 6.45) is -0.0349. The number of hydrogen-bond acceptors (Lipinski definition) is 4. The molecule has 0 unspecified atom stereocenters. The van der Waals surface area contributed by atoms with Crippen molar-refractivity contribution in [2.75, 3.05) is 0 Å². The van der Waals surface area contributed by atoms with Crippen molar-refractivity contribution >= 4 is 23.8 Å². The molecule has 2 amide bonds. The van der Waals surface area contributed by atoms with Crippen LogP contribution < -0.4 is 0 Å². The van der Waals surface area contributed by atoms with Crippen molar-refractivity contribution in [2.45, 2.75) is 19.4 Å². The van der Waals surface area contributed by atoms with E-state index in [-0.39, 0.29) is 23.1 Å². The number of carbonyl (C=O) groups is 4. The molecule has 1 aliphatic rings. The Balaban J connectivity index is 1.96. The van der Waals surface area contributed by atoms with Crippen molar-refractivity contribution in [3.8, 4) is 0 Å². The molecule has 3 rings (SSSR count). The summed E-state index contributed by atoms with van der Waals surface area (Å²) in [5, 5.41) is 18.6. The number of aryl methyl sites for hydroxylation is 1. The summed E-state index contributed by atoms with van der Waals surface area (Å²) >= 11 is 0. The molecule has 0 radical (unpaired) electrons. The number of nitrogens with zero attached hydrogens (tertiary/aromatic N) is 1. The molecule has 0 bridgehead atoms. The van der Waals surface area contributed by atoms with Crippen LogP contribution in [0, 0.1) is 6.92 Å². The number of fused-ring (bicyclic) bond motifs is 1. The minimum absolute atomic E-state index is 0.00940. The van der Waals surface area contributed by atoms with Crippen LogP contribution in [0.3, 0.4) is 0 Å². The normalized spacial score (nSPS) is 14.3. The molecule has 0 aromatic heterocycles. The van der Waals surface area contributed by atoms with E-state index in [9.17, 15) is 24.3 Å². The van der Waals surface area contributed by atoms with Crippen molar-refractivity contribution in [1.29, 1.82) is 0 Å². The van der Waals surface area contributed by atoms with Gasteiger partial charge in [0.05, 0.1) is 16.7 Å². The predicted molar refractivity (Wildman–Crippen MR) is 90.2 cm³/mol. The molecule has 1 atom stereocenters. The van der Waals surface area contributed by atoms with E-state index in [4.69, 9.17) is 5.11 Å². The topological polar surface area (TPSA) is 112 Å². The quantitative estimate of drug-likeness (QED) is 0.795. The number of carboxylic acid groups (broad SMARTS) is 2. The molecule has 2 aromatic rings. The summed E-state index contributed by atoms with van der Waals surface area (Å²) < 4.78 is 0. The average molecular weight is 353 g/mol. The Morgan fingerprint density at radius 3 is 2.15 bits per heavy atom. The van der Waals surface area contributed by atoms with E-state index in [0.717, 1.165) is 11.6 Å². The molecule has 2 N–H and O–H groups in total. The number of carboxylic acids is 2. The van der Waals surface area contributed by atoms with Crippen LogP contribution in [-0.2, 0) is 11.2 Å². The Hall–Kier alpha value is -3.48. The molecule has 7 nitrogen and oxygen atoms in total. The molecule has 0 aliphatic carbocycles. The number of aliphatic carboxylic acids is 1. The third-order valence-electron chi connectivity index (χ3n) is 4.31. The Labute approximate surface area is 148 Å². The van der Waals surface area contributed by atoms with Gasteiger partial charge in [0.25, 0.3) is 11.8 Å². The number of hydrogen-bond donors (Lipinski definition) is 2. The molecular weight excluding hydrogens is 338 g/mol. The lowest BCUT2D eigenvalue weighted by atomic mass is 10.0. The molecule has 0 spiro atoms. The smallest absolute Gasteiger partial charge is 0.335 e. The molecule has 132 valence electrons. The fourth-order valence-corrected chi connectivity index (χ4v) is 2.91. The first-order valence-electron chi connectivity index (χ1n) is 7.83. The minimum Gasteiger partial charge on any atom is -0.480 e. The van der Waals surface area contributed by atoms with Crippen molar-refractivity contribution < 1.29 is 29.4 Å². The van der Waals surface area contributed by atoms with Crippen LogP contribution in [0.25, 0.3) is 0 Å². The molecule has 1 heterocycles. The van der Waals surface area contributed by atoms with Gasteiger partial charge in [0.1, 0.15) is 6.04 Å². The first kappa shape index (κ1) is 17.3. The number of benzene rings is 2. The fourth-order valence-electron chi connectivity index (χ4n) is 2.91. The van der Waals surface area contributed by atoms with E-state index in [2.05, 4.69) is 0 Å². The van der Waals surface area contributed by atoms with Crippen LogP contribution in [0.1, 0.15) is 42.2 Å². The van der Waals surface area contributed by atoms with Crippen LogP contribution in [0.15, 0.2) is 42.5 Å². The number of amides is 2. The summed E-state index contributed by atoms with van der Waals surface area (Å²) in [7, 11) is 0. The lowest BCUT2D eigenvalue weighted by Gasteiger charge is -2.22. The van der Waals surface area contributed by atoms with E-state index in [1.165, 1.54) is 12.1 Å². The largest absolute Gasteiger partial charge is 0.480 e. The third kappa shape index (κ3) is 2.95. The maximum Gasteiger partial charge on any atom is 0.335 e. The second kappa shape index (κ2) is 6.44. The Kier molecular flexibility index (Phi) is 4.29. The van der Waals surface area contributed by atoms with Crippen molar-refractivity contribution in [2.24, 2.45) is 0 Å². The van der Waals surface area contributed by atoms with Gasteiger partial charge in [-0.25, -0.2) is 9.59 Å². The Morgan fingerprint density at radius 2 is 1.58 bits per heavy atom. The van der Waals surface area contributed by atoms with Crippen LogP contribution >= 0.6 is 0 Å². The van der Waals surface area contributed by atoms with E-state index in [1.807, 2.05) is 19.1 Å². The maximum atomic E-state index is 12.6. The average Bonchev–Trinajstić information content (AvgIpc) is 2.85. The van der Waals surface area contributed by atoms with E-state index < -0.39 is 29.8 Å². The fraction of sp³-hybridized carbons (Fsp3) is 0.158. The van der Waals surface area contributed by atoms with E-state index >= 15 is 0 Å². The highest BCUT2D eigenvalue weighted by atomic mass is 16.4. The van der Waals surface area contributed by atoms with E-state index in [0.29, 0.717) is 10.5 Å². The Bertz CT molecular complexity index is 932. The number of carbonyl (C=O) groups excluding carboxylic acids is 2. The zero-order valence-electron chi connectivity index (χ0n) is 13.8. The number of imide groups is 1. The molecular formula is C19H15NO6. The second-order valence-corrected chi connectivity index (χ2v) is 6.09. The molecule has 0 saturated heterocycles. The van der Waals surface area contributed by atoms with Gasteiger partial charge >= 0.3 is 11.9 Å². The van der Waals surface area contributed by atoms with Crippen LogP contribution in [0.5, 0.6) is 0 Å². The van der Waals surface area contributed by atoms with Gasteiger partial charge < -0.3 is 10.2 Å². The van der Waals surface area contributed by atoms with Gasteiger partial charge in [0.15, 0.2) is 0 Å². The van der Waals surface area contributed by atoms with Gasteiger partial charge in [0.2, 0.25) is 0 Å². The second-order valence-electron chi connectivity index (χ2n) is 6.09. The van der Waals surface area contributed by atoms with Crippen LogP contribution in [-0.4, -0.2) is 44.9 Å². The summed E-state index contributed by atoms with van der Waals surface area (Å²) in [6, 6.07) is 9.29. The zero-order valence-corrected chi connectivity index (χ0v) is 13.8. The summed E-state index contributed by atoms with van der Waals surface area (Å²) in [5.41, 5.74) is 1.45. The summed E-state index contributed by atoms with van der Waals surface area (Å²) in [4.78, 5) is 48.7. The third-order valence-corrected chi connectivity index (χ3v) is 4.31. The van der Waals surface area contributed by atoms with Gasteiger partial charge in [-0.2, -0.15) is 0 Å².